The van der Waals surface area contributed by atoms with E-state index >= 15 is 0 Å². The molecule has 1 aromatic heterocycles. The summed E-state index contributed by atoms with van der Waals surface area (Å²) in [7, 11) is 0. The normalized spacial score (nSPS) is 15.5. The minimum atomic E-state index is -0.538. The number of unbranched alkanes of at least 4 members (excludes halogenated alkanes) is 2. The number of benzene rings is 1. The van der Waals surface area contributed by atoms with Crippen molar-refractivity contribution in [2.45, 2.75) is 40.0 Å². The number of nitriles is 1. The molecule has 3 rings (SSSR count). The molecule has 2 aromatic rings. The van der Waals surface area contributed by atoms with Crippen LogP contribution in [0, 0.1) is 11.3 Å². The lowest BCUT2D eigenvalue weighted by Gasteiger charge is -2.27. The van der Waals surface area contributed by atoms with Crippen LogP contribution in [0.1, 0.15) is 56.2 Å². The molecule has 0 radical (unpaired) electrons. The average Bonchev–Trinajstić information content (AvgIpc) is 3.23. The van der Waals surface area contributed by atoms with Gasteiger partial charge in [0.25, 0.3) is 11.8 Å². The number of ketones is 1. The van der Waals surface area contributed by atoms with Crippen LogP contribution in [0.3, 0.4) is 0 Å². The molecule has 31 heavy (non-hydrogen) atoms. The van der Waals surface area contributed by atoms with Crippen LogP contribution in [0.4, 0.5) is 0 Å². The fourth-order valence-corrected chi connectivity index (χ4v) is 3.45. The smallest absolute Gasteiger partial charge is 0.271 e. The van der Waals surface area contributed by atoms with E-state index in [0.717, 1.165) is 23.3 Å². The third-order valence-corrected chi connectivity index (χ3v) is 5.30. The van der Waals surface area contributed by atoms with Crippen molar-refractivity contribution < 1.29 is 18.8 Å². The molecule has 2 amide bonds. The molecule has 158 valence electrons. The molecule has 0 saturated carbocycles. The molecule has 0 saturated heterocycles. The van der Waals surface area contributed by atoms with Crippen molar-refractivity contribution in [1.82, 2.24) is 4.90 Å². The molecule has 0 aliphatic carbocycles. The van der Waals surface area contributed by atoms with E-state index in [1.165, 1.54) is 6.92 Å². The first-order valence-electron chi connectivity index (χ1n) is 10.3. The third-order valence-electron chi connectivity index (χ3n) is 5.30. The van der Waals surface area contributed by atoms with Gasteiger partial charge < -0.3 is 4.42 Å². The van der Waals surface area contributed by atoms with E-state index in [1.54, 1.807) is 49.4 Å². The Kier molecular flexibility index (Phi) is 6.66. The molecular formula is C25H24N2O4. The first-order chi connectivity index (χ1) is 14.9. The van der Waals surface area contributed by atoms with Crippen LogP contribution in [0.25, 0.3) is 17.4 Å². The SMILES string of the molecule is CCCCCN1C(=O)C(C#N)=C(C)/C(=C/c2ccc(-c3ccc(C(C)=O)cc3)o2)C1=O. The third kappa shape index (κ3) is 4.56. The molecule has 1 aromatic carbocycles. The van der Waals surface area contributed by atoms with Crippen LogP contribution in [-0.2, 0) is 9.59 Å². The Morgan fingerprint density at radius 2 is 1.81 bits per heavy atom. The number of hydrogen-bond acceptors (Lipinski definition) is 5. The molecule has 0 N–H and O–H groups in total. The van der Waals surface area contributed by atoms with Gasteiger partial charge in [-0.05, 0) is 44.1 Å². The molecule has 2 heterocycles. The maximum atomic E-state index is 13.0. The summed E-state index contributed by atoms with van der Waals surface area (Å²) in [5.41, 5.74) is 2.02. The summed E-state index contributed by atoms with van der Waals surface area (Å²) in [6, 6.07) is 12.5. The van der Waals surface area contributed by atoms with Gasteiger partial charge in [0.2, 0.25) is 0 Å². The fraction of sp³-hybridized carbons (Fsp3) is 0.280. The Morgan fingerprint density at radius 1 is 1.10 bits per heavy atom. The molecule has 6 nitrogen and oxygen atoms in total. The van der Waals surface area contributed by atoms with Crippen molar-refractivity contribution in [3.8, 4) is 17.4 Å². The van der Waals surface area contributed by atoms with E-state index in [0.29, 0.717) is 29.1 Å². The highest BCUT2D eigenvalue weighted by Gasteiger charge is 2.35. The zero-order valence-electron chi connectivity index (χ0n) is 17.9. The molecule has 1 aliphatic heterocycles. The fourth-order valence-electron chi connectivity index (χ4n) is 3.45. The van der Waals surface area contributed by atoms with Crippen LogP contribution in [0.2, 0.25) is 0 Å². The van der Waals surface area contributed by atoms with Crippen molar-refractivity contribution in [3.63, 3.8) is 0 Å². The van der Waals surface area contributed by atoms with Crippen LogP contribution in [-0.4, -0.2) is 29.0 Å². The van der Waals surface area contributed by atoms with Gasteiger partial charge in [0.1, 0.15) is 23.2 Å². The summed E-state index contributed by atoms with van der Waals surface area (Å²) >= 11 is 0. The highest BCUT2D eigenvalue weighted by molar-refractivity contribution is 6.19. The molecule has 0 bridgehead atoms. The Balaban J connectivity index is 1.93. The minimum absolute atomic E-state index is 0.0131. The molecule has 0 fully saturated rings. The monoisotopic (exact) mass is 416 g/mol. The van der Waals surface area contributed by atoms with Crippen molar-refractivity contribution in [2.24, 2.45) is 0 Å². The van der Waals surface area contributed by atoms with E-state index in [2.05, 4.69) is 0 Å². The zero-order valence-corrected chi connectivity index (χ0v) is 17.9. The van der Waals surface area contributed by atoms with Crippen molar-refractivity contribution in [3.05, 3.63) is 64.4 Å². The topological polar surface area (TPSA) is 91.4 Å². The number of carbonyl (C=O) groups excluding carboxylic acids is 3. The molecule has 1 aliphatic rings. The molecule has 0 unspecified atom stereocenters. The average molecular weight is 416 g/mol. The number of Topliss-reactive ketones (excluding diaryl/α,β-unsaturated/α-hetero) is 1. The van der Waals surface area contributed by atoms with E-state index in [-0.39, 0.29) is 23.5 Å². The molecule has 0 atom stereocenters. The predicted octanol–water partition coefficient (Wildman–Crippen LogP) is 4.93. The first-order valence-corrected chi connectivity index (χ1v) is 10.3. The van der Waals surface area contributed by atoms with Crippen LogP contribution in [0.15, 0.2) is 57.5 Å². The second-order valence-electron chi connectivity index (χ2n) is 7.47. The summed E-state index contributed by atoms with van der Waals surface area (Å²) in [4.78, 5) is 38.2. The summed E-state index contributed by atoms with van der Waals surface area (Å²) in [6.07, 6.45) is 4.12. The molecule has 0 spiro atoms. The Labute approximate surface area is 181 Å². The Morgan fingerprint density at radius 3 is 2.42 bits per heavy atom. The van der Waals surface area contributed by atoms with E-state index in [1.807, 2.05) is 13.0 Å². The van der Waals surface area contributed by atoms with Crippen LogP contribution in [0.5, 0.6) is 0 Å². The lowest BCUT2D eigenvalue weighted by molar-refractivity contribution is -0.140. The van der Waals surface area contributed by atoms with Gasteiger partial charge in [0.05, 0.1) is 0 Å². The number of hydrogen-bond donors (Lipinski definition) is 0. The van der Waals surface area contributed by atoms with Gasteiger partial charge in [0.15, 0.2) is 5.78 Å². The Bertz CT molecular complexity index is 1130. The van der Waals surface area contributed by atoms with Crippen LogP contribution < -0.4 is 0 Å². The van der Waals surface area contributed by atoms with Crippen molar-refractivity contribution >= 4 is 23.7 Å². The predicted molar refractivity (Wildman–Crippen MR) is 117 cm³/mol. The summed E-state index contributed by atoms with van der Waals surface area (Å²) in [6.45, 7) is 5.44. The van der Waals surface area contributed by atoms with Gasteiger partial charge in [-0.2, -0.15) is 5.26 Å². The van der Waals surface area contributed by atoms with Gasteiger partial charge in [-0.3, -0.25) is 19.3 Å². The van der Waals surface area contributed by atoms with Gasteiger partial charge >= 0.3 is 0 Å². The number of rotatable bonds is 7. The minimum Gasteiger partial charge on any atom is -0.457 e. The second-order valence-corrected chi connectivity index (χ2v) is 7.47. The summed E-state index contributed by atoms with van der Waals surface area (Å²) in [5.74, 6) is 0.0582. The van der Waals surface area contributed by atoms with Gasteiger partial charge in [-0.15, -0.1) is 0 Å². The zero-order chi connectivity index (χ0) is 22.5. The van der Waals surface area contributed by atoms with Gasteiger partial charge in [0, 0.05) is 23.2 Å². The molecule has 6 heteroatoms. The maximum absolute atomic E-state index is 13.0. The number of furan rings is 1. The summed E-state index contributed by atoms with van der Waals surface area (Å²) in [5, 5.41) is 9.46. The lowest BCUT2D eigenvalue weighted by Crippen LogP contribution is -2.43. The van der Waals surface area contributed by atoms with Crippen LogP contribution >= 0.6 is 0 Å². The number of amides is 2. The van der Waals surface area contributed by atoms with E-state index in [9.17, 15) is 19.6 Å². The first kappa shape index (κ1) is 22.0. The number of nitrogens with zero attached hydrogens (tertiary/aromatic N) is 2. The van der Waals surface area contributed by atoms with Crippen molar-refractivity contribution in [1.29, 1.82) is 5.26 Å². The largest absolute Gasteiger partial charge is 0.457 e. The second kappa shape index (κ2) is 9.40. The van der Waals surface area contributed by atoms with E-state index in [4.69, 9.17) is 4.42 Å². The summed E-state index contributed by atoms with van der Waals surface area (Å²) < 4.78 is 5.88. The highest BCUT2D eigenvalue weighted by atomic mass is 16.3. The highest BCUT2D eigenvalue weighted by Crippen LogP contribution is 2.29. The maximum Gasteiger partial charge on any atom is 0.271 e. The number of carbonyl (C=O) groups is 3. The standard InChI is InChI=1S/C25H24N2O4/c1-4-5-6-13-27-24(29)21(16(2)22(15-26)25(27)30)14-20-11-12-23(31-20)19-9-7-18(8-10-19)17(3)28/h7-12,14H,4-6,13H2,1-3H3/b21-14-. The number of imide groups is 1. The van der Waals surface area contributed by atoms with Gasteiger partial charge in [-0.1, -0.05) is 44.0 Å². The Hall–Kier alpha value is -3.72. The van der Waals surface area contributed by atoms with Gasteiger partial charge in [-0.25, -0.2) is 0 Å². The molecular weight excluding hydrogens is 392 g/mol. The van der Waals surface area contributed by atoms with Crippen molar-refractivity contribution in [2.75, 3.05) is 6.54 Å². The quantitative estimate of drug-likeness (QED) is 0.276. The van der Waals surface area contributed by atoms with E-state index < -0.39 is 11.8 Å². The lowest BCUT2D eigenvalue weighted by atomic mass is 9.94.